The molecule has 2 rings (SSSR count). The van der Waals surface area contributed by atoms with Gasteiger partial charge in [-0.05, 0) is 56.2 Å². The molecule has 0 fully saturated rings. The summed E-state index contributed by atoms with van der Waals surface area (Å²) < 4.78 is 5.11. The summed E-state index contributed by atoms with van der Waals surface area (Å²) in [5.74, 6) is 0.256. The minimum atomic E-state index is -0.602. The van der Waals surface area contributed by atoms with Crippen LogP contribution in [-0.4, -0.2) is 44.6 Å². The number of ether oxygens (including phenoxy) is 1. The minimum absolute atomic E-state index is 0.191. The van der Waals surface area contributed by atoms with E-state index in [1.165, 1.54) is 11.8 Å². The van der Waals surface area contributed by atoms with Crippen LogP contribution in [0.3, 0.4) is 0 Å². The number of nitrogens with one attached hydrogen (secondary N) is 2. The zero-order valence-corrected chi connectivity index (χ0v) is 17.9. The predicted molar refractivity (Wildman–Crippen MR) is 122 cm³/mol. The van der Waals surface area contributed by atoms with Crippen molar-refractivity contribution in [3.8, 4) is 5.75 Å². The van der Waals surface area contributed by atoms with Crippen molar-refractivity contribution >= 4 is 23.6 Å². The summed E-state index contributed by atoms with van der Waals surface area (Å²) in [7, 11) is 1.60. The van der Waals surface area contributed by atoms with Gasteiger partial charge >= 0.3 is 0 Å². The summed E-state index contributed by atoms with van der Waals surface area (Å²) in [4.78, 5) is 26.6. The van der Waals surface area contributed by atoms with E-state index in [9.17, 15) is 9.59 Å². The Kier molecular flexibility index (Phi) is 9.45. The second kappa shape index (κ2) is 12.3. The zero-order chi connectivity index (χ0) is 21.8. The number of rotatable bonds is 11. The van der Waals surface area contributed by atoms with E-state index in [1.54, 1.807) is 20.1 Å². The number of methoxy groups -OCH3 is 1. The van der Waals surface area contributed by atoms with Gasteiger partial charge in [-0.2, -0.15) is 0 Å². The van der Waals surface area contributed by atoms with Gasteiger partial charge in [-0.3, -0.25) is 9.59 Å². The van der Waals surface area contributed by atoms with E-state index in [-0.39, 0.29) is 11.8 Å². The molecule has 2 aromatic carbocycles. The molecule has 0 aromatic heterocycles. The Morgan fingerprint density at radius 1 is 1.10 bits per heavy atom. The second-order valence-corrected chi connectivity index (χ2v) is 6.90. The van der Waals surface area contributed by atoms with Gasteiger partial charge in [0.2, 0.25) is 11.8 Å². The molecule has 0 saturated heterocycles. The number of para-hydroxylation sites is 1. The lowest BCUT2D eigenvalue weighted by Crippen LogP contribution is -2.44. The Morgan fingerprint density at radius 2 is 1.80 bits per heavy atom. The van der Waals surface area contributed by atoms with Crippen molar-refractivity contribution in [2.24, 2.45) is 0 Å². The number of anilines is 1. The molecule has 6 nitrogen and oxygen atoms in total. The number of hydrogen-bond donors (Lipinski definition) is 2. The van der Waals surface area contributed by atoms with Crippen molar-refractivity contribution in [1.82, 2.24) is 10.6 Å². The van der Waals surface area contributed by atoms with Crippen molar-refractivity contribution in [3.05, 3.63) is 66.2 Å². The van der Waals surface area contributed by atoms with Crippen molar-refractivity contribution in [1.29, 1.82) is 0 Å². The largest absolute Gasteiger partial charge is 0.497 e. The maximum atomic E-state index is 12.2. The highest BCUT2D eigenvalue weighted by atomic mass is 16.5. The Labute approximate surface area is 178 Å². The third-order valence-electron chi connectivity index (χ3n) is 4.70. The highest BCUT2D eigenvalue weighted by Crippen LogP contribution is 2.13. The molecule has 0 aliphatic carbocycles. The maximum Gasteiger partial charge on any atom is 0.244 e. The predicted octanol–water partition coefficient (Wildman–Crippen LogP) is 3.25. The highest BCUT2D eigenvalue weighted by Gasteiger charge is 2.13. The van der Waals surface area contributed by atoms with Gasteiger partial charge in [0.05, 0.1) is 7.11 Å². The van der Waals surface area contributed by atoms with Gasteiger partial charge in [0.25, 0.3) is 0 Å². The average molecular weight is 410 g/mol. The SMILES string of the molecule is CCN(CCCNC(=O)C(C)NC(=O)/C=C/c1ccc(OC)cc1)c1ccccc1. The molecule has 0 spiro atoms. The quantitative estimate of drug-likeness (QED) is 0.442. The lowest BCUT2D eigenvalue weighted by Gasteiger charge is -2.23. The fraction of sp³-hybridized carbons (Fsp3) is 0.333. The van der Waals surface area contributed by atoms with Crippen LogP contribution in [0.25, 0.3) is 6.08 Å². The van der Waals surface area contributed by atoms with Crippen LogP contribution in [0.4, 0.5) is 5.69 Å². The number of nitrogens with zero attached hydrogens (tertiary/aromatic N) is 1. The Balaban J connectivity index is 1.70. The van der Waals surface area contributed by atoms with Crippen molar-refractivity contribution in [2.45, 2.75) is 26.3 Å². The van der Waals surface area contributed by atoms with Crippen LogP contribution < -0.4 is 20.3 Å². The van der Waals surface area contributed by atoms with E-state index in [0.29, 0.717) is 6.54 Å². The molecular weight excluding hydrogens is 378 g/mol. The molecule has 0 saturated carbocycles. The topological polar surface area (TPSA) is 70.7 Å². The summed E-state index contributed by atoms with van der Waals surface area (Å²) in [5, 5.41) is 5.57. The first-order valence-electron chi connectivity index (χ1n) is 10.2. The first-order chi connectivity index (χ1) is 14.5. The number of carbonyl (C=O) groups excluding carboxylic acids is 2. The summed E-state index contributed by atoms with van der Waals surface area (Å²) in [5.41, 5.74) is 2.05. The smallest absolute Gasteiger partial charge is 0.244 e. The van der Waals surface area contributed by atoms with Crippen LogP contribution in [-0.2, 0) is 9.59 Å². The molecule has 30 heavy (non-hydrogen) atoms. The molecule has 0 aliphatic heterocycles. The summed E-state index contributed by atoms with van der Waals surface area (Å²) in [6, 6.07) is 17.0. The third-order valence-corrected chi connectivity index (χ3v) is 4.70. The van der Waals surface area contributed by atoms with E-state index in [0.717, 1.165) is 30.8 Å². The second-order valence-electron chi connectivity index (χ2n) is 6.90. The van der Waals surface area contributed by atoms with Crippen LogP contribution in [0.15, 0.2) is 60.7 Å². The molecule has 2 aromatic rings. The fourth-order valence-electron chi connectivity index (χ4n) is 2.96. The molecule has 2 N–H and O–H groups in total. The number of amides is 2. The highest BCUT2D eigenvalue weighted by molar-refractivity contribution is 5.95. The van der Waals surface area contributed by atoms with Gasteiger partial charge in [-0.15, -0.1) is 0 Å². The molecule has 1 unspecified atom stereocenters. The van der Waals surface area contributed by atoms with Gasteiger partial charge < -0.3 is 20.3 Å². The van der Waals surface area contributed by atoms with E-state index in [4.69, 9.17) is 4.74 Å². The van der Waals surface area contributed by atoms with Crippen molar-refractivity contribution in [2.75, 3.05) is 31.6 Å². The molecule has 0 bridgehead atoms. The average Bonchev–Trinajstić information content (AvgIpc) is 2.78. The zero-order valence-electron chi connectivity index (χ0n) is 17.9. The first kappa shape index (κ1) is 23.0. The Hall–Kier alpha value is -3.28. The van der Waals surface area contributed by atoms with Crippen molar-refractivity contribution in [3.63, 3.8) is 0 Å². The molecule has 0 radical (unpaired) electrons. The van der Waals surface area contributed by atoms with E-state index in [1.807, 2.05) is 42.5 Å². The van der Waals surface area contributed by atoms with E-state index >= 15 is 0 Å². The van der Waals surface area contributed by atoms with Gasteiger partial charge in [0.1, 0.15) is 11.8 Å². The molecule has 2 amide bonds. The van der Waals surface area contributed by atoms with Gasteiger partial charge in [0, 0.05) is 31.4 Å². The molecule has 0 heterocycles. The molecule has 6 heteroatoms. The monoisotopic (exact) mass is 409 g/mol. The Bertz CT molecular complexity index is 819. The van der Waals surface area contributed by atoms with E-state index in [2.05, 4.69) is 34.6 Å². The van der Waals surface area contributed by atoms with Crippen molar-refractivity contribution < 1.29 is 14.3 Å². The summed E-state index contributed by atoms with van der Waals surface area (Å²) in [6.07, 6.45) is 3.94. The Morgan fingerprint density at radius 3 is 2.43 bits per heavy atom. The van der Waals surface area contributed by atoms with Crippen LogP contribution in [0, 0.1) is 0 Å². The lowest BCUT2D eigenvalue weighted by atomic mass is 10.2. The first-order valence-corrected chi connectivity index (χ1v) is 10.2. The standard InChI is InChI=1S/C24H31N3O3/c1-4-27(21-9-6-5-7-10-21)18-8-17-25-24(29)19(2)26-23(28)16-13-20-11-14-22(30-3)15-12-20/h5-7,9-16,19H,4,8,17-18H2,1-3H3,(H,25,29)(H,26,28)/b16-13+. The summed E-state index contributed by atoms with van der Waals surface area (Å²) in [6.45, 7) is 6.11. The maximum absolute atomic E-state index is 12.2. The summed E-state index contributed by atoms with van der Waals surface area (Å²) >= 11 is 0. The normalized spacial score (nSPS) is 11.7. The van der Waals surface area contributed by atoms with Gasteiger partial charge in [-0.25, -0.2) is 0 Å². The molecule has 1 atom stereocenters. The van der Waals surface area contributed by atoms with Crippen LogP contribution in [0.1, 0.15) is 25.8 Å². The number of benzene rings is 2. The molecular formula is C24H31N3O3. The van der Waals surface area contributed by atoms with E-state index < -0.39 is 6.04 Å². The van der Waals surface area contributed by atoms with Gasteiger partial charge in [0.15, 0.2) is 0 Å². The number of carbonyl (C=O) groups is 2. The third kappa shape index (κ3) is 7.62. The lowest BCUT2D eigenvalue weighted by molar-refractivity contribution is -0.126. The molecule has 0 aliphatic rings. The fourth-order valence-corrected chi connectivity index (χ4v) is 2.96. The minimum Gasteiger partial charge on any atom is -0.497 e. The van der Waals surface area contributed by atoms with Crippen LogP contribution in [0.2, 0.25) is 0 Å². The van der Waals surface area contributed by atoms with Gasteiger partial charge in [-0.1, -0.05) is 30.3 Å². The number of hydrogen-bond acceptors (Lipinski definition) is 4. The van der Waals surface area contributed by atoms with Crippen LogP contribution in [0.5, 0.6) is 5.75 Å². The molecule has 160 valence electrons. The van der Waals surface area contributed by atoms with Crippen LogP contribution >= 0.6 is 0 Å².